The molecule has 3 rings (SSSR count). The molecule has 0 bridgehead atoms. The molecule has 6 nitrogen and oxygen atoms in total. The number of hydrogen-bond acceptors (Lipinski definition) is 6. The molecule has 2 amide bonds. The van der Waals surface area contributed by atoms with Gasteiger partial charge in [-0.25, -0.2) is 0 Å². The van der Waals surface area contributed by atoms with Gasteiger partial charge < -0.3 is 9.47 Å². The number of thioether (sulfide) groups is 1. The van der Waals surface area contributed by atoms with Crippen molar-refractivity contribution in [1.29, 1.82) is 0 Å². The number of amides is 2. The van der Waals surface area contributed by atoms with Gasteiger partial charge in [-0.15, -0.1) is 0 Å². The monoisotopic (exact) mass is 272 g/mol. The van der Waals surface area contributed by atoms with Gasteiger partial charge in [0.1, 0.15) is 0 Å². The first-order valence-corrected chi connectivity index (χ1v) is 7.13. The van der Waals surface area contributed by atoms with Crippen LogP contribution in [-0.4, -0.2) is 78.3 Å². The van der Waals surface area contributed by atoms with Crippen LogP contribution in [0.15, 0.2) is 0 Å². The maximum atomic E-state index is 11.5. The molecule has 3 fully saturated rings. The highest BCUT2D eigenvalue weighted by atomic mass is 32.2. The Morgan fingerprint density at radius 2 is 2.22 bits per heavy atom. The molecule has 0 aromatic carbocycles. The highest BCUT2D eigenvalue weighted by Gasteiger charge is 2.36. The van der Waals surface area contributed by atoms with Crippen LogP contribution >= 0.6 is 11.8 Å². The Bertz CT molecular complexity index is 349. The normalized spacial score (nSPS) is 33.9. The summed E-state index contributed by atoms with van der Waals surface area (Å²) >= 11 is 1.07. The predicted octanol–water partition coefficient (Wildman–Crippen LogP) is -0.219. The third-order valence-electron chi connectivity index (χ3n) is 3.54. The first-order chi connectivity index (χ1) is 8.74. The number of ether oxygens (including phenoxy) is 2. The topological polar surface area (TPSA) is 59.1 Å². The van der Waals surface area contributed by atoms with E-state index in [0.717, 1.165) is 31.5 Å². The van der Waals surface area contributed by atoms with E-state index in [4.69, 9.17) is 9.47 Å². The van der Waals surface area contributed by atoms with Crippen LogP contribution in [0.5, 0.6) is 0 Å². The summed E-state index contributed by atoms with van der Waals surface area (Å²) in [5, 5.41) is -0.146. The van der Waals surface area contributed by atoms with Gasteiger partial charge in [-0.05, 0) is 0 Å². The minimum absolute atomic E-state index is 0.0639. The van der Waals surface area contributed by atoms with Crippen LogP contribution in [0, 0.1) is 0 Å². The smallest absolute Gasteiger partial charge is 0.288 e. The molecular formula is C11H16N2O4S. The lowest BCUT2D eigenvalue weighted by Crippen LogP contribution is -2.57. The van der Waals surface area contributed by atoms with Crippen LogP contribution in [0.2, 0.25) is 0 Å². The summed E-state index contributed by atoms with van der Waals surface area (Å²) in [7, 11) is 0. The van der Waals surface area contributed by atoms with E-state index in [0.29, 0.717) is 25.8 Å². The Morgan fingerprint density at radius 3 is 3.00 bits per heavy atom. The zero-order valence-electron chi connectivity index (χ0n) is 10.0. The molecule has 0 N–H and O–H groups in total. The van der Waals surface area contributed by atoms with Crippen LogP contribution < -0.4 is 0 Å². The molecule has 0 radical (unpaired) electrons. The molecule has 18 heavy (non-hydrogen) atoms. The Hall–Kier alpha value is -0.630. The van der Waals surface area contributed by atoms with Gasteiger partial charge in [0, 0.05) is 13.1 Å². The minimum Gasteiger partial charge on any atom is -0.378 e. The lowest BCUT2D eigenvalue weighted by atomic mass is 10.1. The zero-order chi connectivity index (χ0) is 12.5. The zero-order valence-corrected chi connectivity index (χ0v) is 10.9. The molecule has 100 valence electrons. The van der Waals surface area contributed by atoms with Crippen molar-refractivity contribution in [3.63, 3.8) is 0 Å². The Morgan fingerprint density at radius 1 is 1.33 bits per heavy atom. The van der Waals surface area contributed by atoms with E-state index < -0.39 is 0 Å². The number of carbonyl (C=O) groups is 2. The average molecular weight is 272 g/mol. The van der Waals surface area contributed by atoms with E-state index in [1.165, 1.54) is 4.90 Å². The quantitative estimate of drug-likeness (QED) is 0.693. The number of nitrogens with zero attached hydrogens (tertiary/aromatic N) is 2. The molecule has 0 unspecified atom stereocenters. The molecule has 2 atom stereocenters. The van der Waals surface area contributed by atoms with Gasteiger partial charge in [0.2, 0.25) is 5.91 Å². The molecule has 7 heteroatoms. The van der Waals surface area contributed by atoms with E-state index in [-0.39, 0.29) is 23.0 Å². The van der Waals surface area contributed by atoms with Gasteiger partial charge in [0.05, 0.1) is 44.3 Å². The van der Waals surface area contributed by atoms with Crippen molar-refractivity contribution in [3.8, 4) is 0 Å². The maximum absolute atomic E-state index is 11.5. The predicted molar refractivity (Wildman–Crippen MR) is 65.5 cm³/mol. The van der Waals surface area contributed by atoms with Crippen molar-refractivity contribution in [2.45, 2.75) is 12.1 Å². The second-order valence-electron chi connectivity index (χ2n) is 4.74. The number of fused-ring (bicyclic) bond motifs is 1. The molecule has 0 aromatic heterocycles. The highest BCUT2D eigenvalue weighted by Crippen LogP contribution is 2.22. The Labute approximate surface area is 110 Å². The summed E-state index contributed by atoms with van der Waals surface area (Å²) in [6.07, 6.45) is -0.0639. The number of carbonyl (C=O) groups excluding carboxylic acids is 2. The molecule has 3 heterocycles. The molecule has 3 saturated heterocycles. The molecule has 3 aliphatic heterocycles. The minimum atomic E-state index is -0.146. The average Bonchev–Trinajstić information content (AvgIpc) is 2.70. The van der Waals surface area contributed by atoms with Gasteiger partial charge in [-0.3, -0.25) is 19.4 Å². The van der Waals surface area contributed by atoms with Gasteiger partial charge >= 0.3 is 0 Å². The third-order valence-corrected chi connectivity index (χ3v) is 4.40. The summed E-state index contributed by atoms with van der Waals surface area (Å²) in [6, 6.07) is 0.328. The van der Waals surface area contributed by atoms with Crippen LogP contribution in [0.1, 0.15) is 0 Å². The van der Waals surface area contributed by atoms with E-state index in [2.05, 4.69) is 4.90 Å². The third kappa shape index (κ3) is 2.40. The van der Waals surface area contributed by atoms with Crippen molar-refractivity contribution < 1.29 is 19.1 Å². The number of hydrogen-bond donors (Lipinski definition) is 0. The van der Waals surface area contributed by atoms with Crippen molar-refractivity contribution in [2.24, 2.45) is 0 Å². The fraction of sp³-hybridized carbons (Fsp3) is 0.818. The molecule has 0 spiro atoms. The summed E-state index contributed by atoms with van der Waals surface area (Å²) < 4.78 is 11.1. The fourth-order valence-electron chi connectivity index (χ4n) is 2.52. The highest BCUT2D eigenvalue weighted by molar-refractivity contribution is 8.14. The van der Waals surface area contributed by atoms with E-state index >= 15 is 0 Å². The van der Waals surface area contributed by atoms with Crippen LogP contribution in [0.4, 0.5) is 4.79 Å². The number of rotatable bonds is 2. The van der Waals surface area contributed by atoms with E-state index in [9.17, 15) is 9.59 Å². The largest absolute Gasteiger partial charge is 0.378 e. The summed E-state index contributed by atoms with van der Waals surface area (Å²) in [4.78, 5) is 26.7. The lowest BCUT2D eigenvalue weighted by Gasteiger charge is -2.42. The van der Waals surface area contributed by atoms with Gasteiger partial charge in [-0.1, -0.05) is 11.8 Å². The van der Waals surface area contributed by atoms with Crippen molar-refractivity contribution in [3.05, 3.63) is 0 Å². The molecule has 0 aromatic rings. The molecule has 0 saturated carbocycles. The van der Waals surface area contributed by atoms with Crippen LogP contribution in [0.3, 0.4) is 0 Å². The standard InChI is InChI=1S/C11H16N2O4S/c14-10-7-18-11(15)13(10)4-9-3-12-1-2-16-5-8(12)6-17-9/h8-9H,1-7H2/t8-,9+/m0/s1. The molecular weight excluding hydrogens is 256 g/mol. The second kappa shape index (κ2) is 5.16. The maximum Gasteiger partial charge on any atom is 0.288 e. The van der Waals surface area contributed by atoms with E-state index in [1.807, 2.05) is 0 Å². The van der Waals surface area contributed by atoms with Crippen molar-refractivity contribution in [2.75, 3.05) is 45.2 Å². The fourth-order valence-corrected chi connectivity index (χ4v) is 3.25. The first-order valence-electron chi connectivity index (χ1n) is 6.14. The summed E-state index contributed by atoms with van der Waals surface area (Å²) in [5.41, 5.74) is 0. The van der Waals surface area contributed by atoms with Crippen LogP contribution in [-0.2, 0) is 14.3 Å². The molecule has 0 aliphatic carbocycles. The number of imide groups is 1. The molecule has 3 aliphatic rings. The number of morpholine rings is 2. The Kier molecular flexibility index (Phi) is 3.56. The summed E-state index contributed by atoms with van der Waals surface area (Å²) in [5.74, 6) is 0.170. The SMILES string of the molecule is O=C1CSC(=O)N1C[C@H]1CN2CCOC[C@H]2CO1. The van der Waals surface area contributed by atoms with Crippen molar-refractivity contribution in [1.82, 2.24) is 9.80 Å². The summed E-state index contributed by atoms with van der Waals surface area (Å²) in [6.45, 7) is 4.14. The van der Waals surface area contributed by atoms with Gasteiger partial charge in [0.15, 0.2) is 0 Å². The van der Waals surface area contributed by atoms with Gasteiger partial charge in [-0.2, -0.15) is 0 Å². The van der Waals surface area contributed by atoms with Crippen LogP contribution in [0.25, 0.3) is 0 Å². The van der Waals surface area contributed by atoms with Crippen molar-refractivity contribution >= 4 is 22.9 Å². The Balaban J connectivity index is 1.57. The second-order valence-corrected chi connectivity index (χ2v) is 5.66. The van der Waals surface area contributed by atoms with E-state index in [1.54, 1.807) is 0 Å². The lowest BCUT2D eigenvalue weighted by molar-refractivity contribution is -0.134. The van der Waals surface area contributed by atoms with Gasteiger partial charge in [0.25, 0.3) is 5.24 Å². The first kappa shape index (κ1) is 12.4.